The van der Waals surface area contributed by atoms with Crippen LogP contribution in [0.2, 0.25) is 0 Å². The molecule has 1 aromatic carbocycles. The monoisotopic (exact) mass is 500 g/mol. The van der Waals surface area contributed by atoms with Gasteiger partial charge in [-0.3, -0.25) is 14.2 Å². The largest absolute Gasteiger partial charge is 0.360 e. The molecule has 0 saturated carbocycles. The number of aromatic nitrogens is 1. The second-order valence-electron chi connectivity index (χ2n) is 8.09. The van der Waals surface area contributed by atoms with Crippen LogP contribution in [0.15, 0.2) is 29.1 Å². The molecule has 1 saturated heterocycles. The van der Waals surface area contributed by atoms with Crippen molar-refractivity contribution in [3.63, 3.8) is 0 Å². The third-order valence-electron chi connectivity index (χ3n) is 5.71. The SMILES string of the molecule is CCn1c(=O)/c(=C\Nc2cccc(CCN3CCC(F)(F)CC3)c2)s/c1=C(/C#N)C(=O)NCC#N. The van der Waals surface area contributed by atoms with Crippen molar-refractivity contribution in [2.75, 3.05) is 31.5 Å². The highest BCUT2D eigenvalue weighted by Crippen LogP contribution is 2.27. The highest BCUT2D eigenvalue weighted by atomic mass is 32.1. The number of nitrogens with zero attached hydrogens (tertiary/aromatic N) is 4. The standard InChI is InChI=1S/C24H26F2N6O2S/c1-2-32-22(34)20(35-23(32)19(15-28)21(33)29-10-9-27)16-30-18-5-3-4-17(14-18)6-11-31-12-7-24(25,26)8-13-31/h3-5,14,16,30H,2,6-8,10-13H2,1H3,(H,29,33)/b20-16+,23-19-. The summed E-state index contributed by atoms with van der Waals surface area (Å²) in [5.74, 6) is -3.26. The maximum Gasteiger partial charge on any atom is 0.270 e. The molecule has 1 amide bonds. The number of carbonyl (C=O) groups excluding carboxylic acids is 1. The van der Waals surface area contributed by atoms with Gasteiger partial charge in [0.1, 0.15) is 21.8 Å². The molecule has 0 spiro atoms. The van der Waals surface area contributed by atoms with E-state index in [0.717, 1.165) is 22.6 Å². The van der Waals surface area contributed by atoms with Gasteiger partial charge in [0, 0.05) is 50.9 Å². The number of piperidine rings is 1. The van der Waals surface area contributed by atoms with Gasteiger partial charge in [-0.2, -0.15) is 10.5 Å². The number of likely N-dealkylation sites (tertiary alicyclic amines) is 1. The summed E-state index contributed by atoms with van der Waals surface area (Å²) < 4.78 is 28.6. The van der Waals surface area contributed by atoms with E-state index in [1.54, 1.807) is 13.0 Å². The number of halogens is 2. The molecule has 0 unspecified atom stereocenters. The van der Waals surface area contributed by atoms with E-state index in [9.17, 15) is 23.6 Å². The molecule has 0 atom stereocenters. The lowest BCUT2D eigenvalue weighted by Crippen LogP contribution is -2.40. The quantitative estimate of drug-likeness (QED) is 0.530. The van der Waals surface area contributed by atoms with E-state index in [1.807, 2.05) is 35.2 Å². The molecule has 2 aromatic rings. The first kappa shape index (κ1) is 26.1. The van der Waals surface area contributed by atoms with Crippen molar-refractivity contribution in [2.24, 2.45) is 0 Å². The Bertz CT molecular complexity index is 1330. The molecule has 184 valence electrons. The highest BCUT2D eigenvalue weighted by molar-refractivity contribution is 7.07. The molecular weight excluding hydrogens is 474 g/mol. The molecule has 0 bridgehead atoms. The first-order chi connectivity index (χ1) is 16.8. The topological polar surface area (TPSA) is 114 Å². The minimum atomic E-state index is -2.56. The van der Waals surface area contributed by atoms with Crippen LogP contribution in [0.4, 0.5) is 14.5 Å². The fourth-order valence-corrected chi connectivity index (χ4v) is 4.84. The van der Waals surface area contributed by atoms with Gasteiger partial charge < -0.3 is 15.5 Å². The molecule has 2 N–H and O–H groups in total. The summed E-state index contributed by atoms with van der Waals surface area (Å²) >= 11 is 1.02. The van der Waals surface area contributed by atoms with Gasteiger partial charge in [-0.05, 0) is 31.0 Å². The van der Waals surface area contributed by atoms with Crippen LogP contribution in [0.25, 0.3) is 11.8 Å². The molecule has 11 heteroatoms. The smallest absolute Gasteiger partial charge is 0.270 e. The fraction of sp³-hybridized carbons (Fsp3) is 0.417. The van der Waals surface area contributed by atoms with E-state index < -0.39 is 11.8 Å². The van der Waals surface area contributed by atoms with Gasteiger partial charge >= 0.3 is 0 Å². The molecule has 1 aliphatic rings. The van der Waals surface area contributed by atoms with Crippen LogP contribution in [0.3, 0.4) is 0 Å². The molecule has 3 rings (SSSR count). The Labute approximate surface area is 205 Å². The van der Waals surface area contributed by atoms with Gasteiger partial charge in [0.2, 0.25) is 0 Å². The van der Waals surface area contributed by atoms with Gasteiger partial charge in [-0.15, -0.1) is 11.3 Å². The van der Waals surface area contributed by atoms with Crippen LogP contribution in [-0.4, -0.2) is 47.5 Å². The number of anilines is 1. The Hall–Kier alpha value is -3.54. The predicted molar refractivity (Wildman–Crippen MR) is 130 cm³/mol. The lowest BCUT2D eigenvalue weighted by Gasteiger charge is -2.31. The first-order valence-electron chi connectivity index (χ1n) is 11.2. The number of carbonyl (C=O) groups is 1. The summed E-state index contributed by atoms with van der Waals surface area (Å²) in [5.41, 5.74) is 1.23. The van der Waals surface area contributed by atoms with Crippen molar-refractivity contribution >= 4 is 34.7 Å². The molecule has 1 fully saturated rings. The number of hydrogen-bond donors (Lipinski definition) is 2. The Balaban J connectivity index is 1.77. The maximum atomic E-state index is 13.3. The van der Waals surface area contributed by atoms with E-state index in [4.69, 9.17) is 5.26 Å². The Kier molecular flexibility index (Phi) is 8.74. The third kappa shape index (κ3) is 6.75. The van der Waals surface area contributed by atoms with Crippen LogP contribution >= 0.6 is 11.3 Å². The number of benzene rings is 1. The lowest BCUT2D eigenvalue weighted by molar-refractivity contribution is -0.115. The number of nitriles is 2. The van der Waals surface area contributed by atoms with Gasteiger partial charge in [0.25, 0.3) is 17.4 Å². The van der Waals surface area contributed by atoms with Crippen LogP contribution < -0.4 is 25.4 Å². The third-order valence-corrected chi connectivity index (χ3v) is 6.84. The molecule has 35 heavy (non-hydrogen) atoms. The summed E-state index contributed by atoms with van der Waals surface area (Å²) in [6, 6.07) is 11.2. The van der Waals surface area contributed by atoms with Crippen LogP contribution in [0, 0.1) is 22.7 Å². The number of rotatable bonds is 8. The van der Waals surface area contributed by atoms with E-state index in [1.165, 1.54) is 10.8 Å². The van der Waals surface area contributed by atoms with E-state index >= 15 is 0 Å². The van der Waals surface area contributed by atoms with Crippen molar-refractivity contribution < 1.29 is 13.6 Å². The predicted octanol–water partition coefficient (Wildman–Crippen LogP) is 1.37. The normalized spacial score (nSPS) is 16.8. The van der Waals surface area contributed by atoms with Crippen molar-refractivity contribution in [3.8, 4) is 12.1 Å². The lowest BCUT2D eigenvalue weighted by atomic mass is 10.1. The minimum absolute atomic E-state index is 0.105. The minimum Gasteiger partial charge on any atom is -0.360 e. The molecule has 1 aliphatic heterocycles. The summed E-state index contributed by atoms with van der Waals surface area (Å²) in [4.78, 5) is 27.1. The number of thiazole rings is 1. The average molecular weight is 501 g/mol. The zero-order valence-corrected chi connectivity index (χ0v) is 20.1. The molecule has 0 aliphatic carbocycles. The molecule has 2 heterocycles. The zero-order valence-electron chi connectivity index (χ0n) is 19.3. The number of alkyl halides is 2. The summed E-state index contributed by atoms with van der Waals surface area (Å²) in [6.07, 6.45) is 2.04. The summed E-state index contributed by atoms with van der Waals surface area (Å²) in [5, 5.41) is 23.6. The second kappa shape index (κ2) is 11.7. The number of hydrogen-bond acceptors (Lipinski definition) is 7. The Morgan fingerprint density at radius 3 is 2.69 bits per heavy atom. The average Bonchev–Trinajstić information content (AvgIpc) is 3.16. The van der Waals surface area contributed by atoms with E-state index in [2.05, 4.69) is 10.6 Å². The zero-order chi connectivity index (χ0) is 25.4. The van der Waals surface area contributed by atoms with Gasteiger partial charge in [-0.1, -0.05) is 12.1 Å². The first-order valence-corrected chi connectivity index (χ1v) is 12.0. The van der Waals surface area contributed by atoms with Crippen molar-refractivity contribution in [2.45, 2.75) is 38.7 Å². The van der Waals surface area contributed by atoms with Crippen molar-refractivity contribution in [1.29, 1.82) is 10.5 Å². The van der Waals surface area contributed by atoms with Crippen molar-refractivity contribution in [1.82, 2.24) is 14.8 Å². The summed E-state index contributed by atoms with van der Waals surface area (Å²) in [6.45, 7) is 3.24. The van der Waals surface area contributed by atoms with E-state index in [0.29, 0.717) is 30.6 Å². The molecule has 8 nitrogen and oxygen atoms in total. The number of amides is 1. The van der Waals surface area contributed by atoms with E-state index in [-0.39, 0.29) is 41.7 Å². The van der Waals surface area contributed by atoms with Crippen molar-refractivity contribution in [3.05, 3.63) is 49.4 Å². The van der Waals surface area contributed by atoms with Gasteiger partial charge in [-0.25, -0.2) is 8.78 Å². The highest BCUT2D eigenvalue weighted by Gasteiger charge is 2.33. The van der Waals surface area contributed by atoms with Crippen LogP contribution in [0.1, 0.15) is 25.3 Å². The number of nitrogens with one attached hydrogen (secondary N) is 2. The second-order valence-corrected chi connectivity index (χ2v) is 9.12. The molecular formula is C24H26F2N6O2S. The molecule has 1 aromatic heterocycles. The van der Waals surface area contributed by atoms with Crippen LogP contribution in [-0.2, 0) is 17.8 Å². The molecule has 0 radical (unpaired) electrons. The van der Waals surface area contributed by atoms with Gasteiger partial charge in [0.05, 0.1) is 6.07 Å². The van der Waals surface area contributed by atoms with Gasteiger partial charge in [0.15, 0.2) is 5.57 Å². The Morgan fingerprint density at radius 1 is 1.29 bits per heavy atom. The Morgan fingerprint density at radius 2 is 2.03 bits per heavy atom. The van der Waals surface area contributed by atoms with Crippen LogP contribution in [0.5, 0.6) is 0 Å². The maximum absolute atomic E-state index is 13.3. The summed E-state index contributed by atoms with van der Waals surface area (Å²) in [7, 11) is 0. The fourth-order valence-electron chi connectivity index (χ4n) is 3.75.